The number of piperidine rings is 1. The number of amides is 1. The van der Waals surface area contributed by atoms with E-state index in [-0.39, 0.29) is 5.91 Å². The number of hydrogen-bond donors (Lipinski definition) is 2. The fraction of sp³-hybridized carbons (Fsp3) is 0.346. The highest BCUT2D eigenvalue weighted by atomic mass is 16.1. The molecule has 2 N–H and O–H groups in total. The number of hydrogen-bond acceptors (Lipinski definition) is 3. The molecule has 1 aliphatic rings. The number of nitrogens with one attached hydrogen (secondary N) is 2. The number of para-hydroxylation sites is 2. The molecule has 2 aromatic carbocycles. The maximum Gasteiger partial charge on any atom is 0.257 e. The van der Waals surface area contributed by atoms with Crippen molar-refractivity contribution in [2.75, 3.05) is 30.8 Å². The molecule has 1 fully saturated rings. The molecule has 4 rings (SSSR count). The normalized spacial score (nSPS) is 15.1. The van der Waals surface area contributed by atoms with E-state index in [2.05, 4.69) is 52.3 Å². The monoisotopic (exact) mass is 416 g/mol. The maximum atomic E-state index is 13.2. The summed E-state index contributed by atoms with van der Waals surface area (Å²) < 4.78 is 2.14. The Morgan fingerprint density at radius 3 is 2.35 bits per heavy atom. The Morgan fingerprint density at radius 1 is 0.935 bits per heavy atom. The standard InChI is InChI=1S/C26H32N4O/c1-18-8-7-9-22(16-18)30-19(2)17-23(20(30)3)26(31)28-25-11-6-5-10-24(25)27-21-12-14-29(4)15-13-21/h5-11,16-17,21,27H,12-15H2,1-4H3,(H,28,31). The maximum absolute atomic E-state index is 13.2. The molecule has 1 aromatic heterocycles. The summed E-state index contributed by atoms with van der Waals surface area (Å²) in [6, 6.07) is 18.7. The van der Waals surface area contributed by atoms with Gasteiger partial charge in [0.1, 0.15) is 0 Å². The summed E-state index contributed by atoms with van der Waals surface area (Å²) >= 11 is 0. The molecule has 1 saturated heterocycles. The van der Waals surface area contributed by atoms with Crippen molar-refractivity contribution >= 4 is 17.3 Å². The summed E-state index contributed by atoms with van der Waals surface area (Å²) in [6.45, 7) is 8.32. The second kappa shape index (κ2) is 8.98. The first-order valence-electron chi connectivity index (χ1n) is 11.0. The van der Waals surface area contributed by atoms with E-state index in [0.29, 0.717) is 11.6 Å². The Kier molecular flexibility index (Phi) is 6.14. The molecule has 3 aromatic rings. The molecule has 5 nitrogen and oxygen atoms in total. The fourth-order valence-corrected chi connectivity index (χ4v) is 4.44. The molecule has 0 radical (unpaired) electrons. The minimum absolute atomic E-state index is 0.0790. The minimum Gasteiger partial charge on any atom is -0.381 e. The molecule has 162 valence electrons. The predicted molar refractivity (Wildman–Crippen MR) is 129 cm³/mol. The molecule has 0 aliphatic carbocycles. The van der Waals surface area contributed by atoms with Gasteiger partial charge in [-0.2, -0.15) is 0 Å². The topological polar surface area (TPSA) is 49.3 Å². The number of anilines is 2. The van der Waals surface area contributed by atoms with Gasteiger partial charge < -0.3 is 20.1 Å². The number of aromatic nitrogens is 1. The lowest BCUT2D eigenvalue weighted by Gasteiger charge is -2.30. The highest BCUT2D eigenvalue weighted by molar-refractivity contribution is 6.07. The molecule has 0 bridgehead atoms. The van der Waals surface area contributed by atoms with Crippen LogP contribution in [-0.4, -0.2) is 41.6 Å². The van der Waals surface area contributed by atoms with Gasteiger partial charge in [0.25, 0.3) is 5.91 Å². The SMILES string of the molecule is Cc1cccc(-n2c(C)cc(C(=O)Nc3ccccc3NC3CCN(C)CC3)c2C)c1. The van der Waals surface area contributed by atoms with Crippen molar-refractivity contribution in [1.29, 1.82) is 0 Å². The average Bonchev–Trinajstić information content (AvgIpc) is 3.05. The summed E-state index contributed by atoms with van der Waals surface area (Å²) in [5.41, 5.74) is 6.79. The molecule has 0 atom stereocenters. The lowest BCUT2D eigenvalue weighted by atomic mass is 10.0. The van der Waals surface area contributed by atoms with Gasteiger partial charge in [0.05, 0.1) is 16.9 Å². The van der Waals surface area contributed by atoms with Crippen molar-refractivity contribution in [2.45, 2.75) is 39.7 Å². The van der Waals surface area contributed by atoms with Crippen molar-refractivity contribution in [3.8, 4) is 5.69 Å². The lowest BCUT2D eigenvalue weighted by Crippen LogP contribution is -2.36. The number of likely N-dealkylation sites (tertiary alicyclic amines) is 1. The van der Waals surface area contributed by atoms with Crippen LogP contribution >= 0.6 is 0 Å². The summed E-state index contributed by atoms with van der Waals surface area (Å²) in [6.07, 6.45) is 2.22. The summed E-state index contributed by atoms with van der Waals surface area (Å²) in [5, 5.41) is 6.79. The summed E-state index contributed by atoms with van der Waals surface area (Å²) in [7, 11) is 2.16. The predicted octanol–water partition coefficient (Wildman–Crippen LogP) is 5.16. The molecule has 2 heterocycles. The first-order valence-corrected chi connectivity index (χ1v) is 11.0. The summed E-state index contributed by atoms with van der Waals surface area (Å²) in [5.74, 6) is -0.0790. The fourth-order valence-electron chi connectivity index (χ4n) is 4.44. The van der Waals surface area contributed by atoms with Crippen LogP contribution in [0.5, 0.6) is 0 Å². The van der Waals surface area contributed by atoms with Gasteiger partial charge in [-0.3, -0.25) is 4.79 Å². The smallest absolute Gasteiger partial charge is 0.257 e. The van der Waals surface area contributed by atoms with Crippen LogP contribution in [-0.2, 0) is 0 Å². The van der Waals surface area contributed by atoms with Crippen molar-refractivity contribution in [3.05, 3.63) is 77.1 Å². The zero-order valence-electron chi connectivity index (χ0n) is 18.9. The Bertz CT molecular complexity index is 1080. The second-order valence-corrected chi connectivity index (χ2v) is 8.68. The van der Waals surface area contributed by atoms with Gasteiger partial charge in [-0.15, -0.1) is 0 Å². The zero-order chi connectivity index (χ0) is 22.0. The molecular weight excluding hydrogens is 384 g/mol. The minimum atomic E-state index is -0.0790. The third-order valence-corrected chi connectivity index (χ3v) is 6.19. The van der Waals surface area contributed by atoms with Gasteiger partial charge in [0.15, 0.2) is 0 Å². The van der Waals surface area contributed by atoms with E-state index in [9.17, 15) is 4.79 Å². The van der Waals surface area contributed by atoms with Crippen molar-refractivity contribution in [3.63, 3.8) is 0 Å². The third kappa shape index (κ3) is 4.67. The third-order valence-electron chi connectivity index (χ3n) is 6.19. The Hall–Kier alpha value is -3.05. The molecule has 0 saturated carbocycles. The van der Waals surface area contributed by atoms with Gasteiger partial charge in [0, 0.05) is 23.1 Å². The van der Waals surface area contributed by atoms with Crippen LogP contribution in [0.15, 0.2) is 54.6 Å². The van der Waals surface area contributed by atoms with E-state index in [1.807, 2.05) is 50.2 Å². The quantitative estimate of drug-likeness (QED) is 0.604. The van der Waals surface area contributed by atoms with Crippen LogP contribution < -0.4 is 10.6 Å². The summed E-state index contributed by atoms with van der Waals surface area (Å²) in [4.78, 5) is 15.6. The molecule has 1 amide bonds. The first kappa shape index (κ1) is 21.2. The molecule has 5 heteroatoms. The van der Waals surface area contributed by atoms with E-state index in [0.717, 1.165) is 54.4 Å². The van der Waals surface area contributed by atoms with Crippen LogP contribution in [0.25, 0.3) is 5.69 Å². The number of carbonyl (C=O) groups is 1. The lowest BCUT2D eigenvalue weighted by molar-refractivity contribution is 0.102. The van der Waals surface area contributed by atoms with Gasteiger partial charge in [0.2, 0.25) is 0 Å². The number of benzene rings is 2. The molecule has 1 aliphatic heterocycles. The second-order valence-electron chi connectivity index (χ2n) is 8.68. The van der Waals surface area contributed by atoms with E-state index < -0.39 is 0 Å². The van der Waals surface area contributed by atoms with Gasteiger partial charge >= 0.3 is 0 Å². The van der Waals surface area contributed by atoms with Crippen LogP contribution in [0, 0.1) is 20.8 Å². The number of nitrogens with zero attached hydrogens (tertiary/aromatic N) is 2. The van der Waals surface area contributed by atoms with Crippen LogP contribution in [0.2, 0.25) is 0 Å². The van der Waals surface area contributed by atoms with E-state index in [1.165, 1.54) is 5.56 Å². The van der Waals surface area contributed by atoms with Gasteiger partial charge in [-0.05, 0) is 89.6 Å². The first-order chi connectivity index (χ1) is 14.9. The van der Waals surface area contributed by atoms with E-state index in [1.54, 1.807) is 0 Å². The Morgan fingerprint density at radius 2 is 1.65 bits per heavy atom. The van der Waals surface area contributed by atoms with E-state index >= 15 is 0 Å². The van der Waals surface area contributed by atoms with E-state index in [4.69, 9.17) is 0 Å². The van der Waals surface area contributed by atoms with Gasteiger partial charge in [-0.25, -0.2) is 0 Å². The van der Waals surface area contributed by atoms with Crippen LogP contribution in [0.3, 0.4) is 0 Å². The largest absolute Gasteiger partial charge is 0.381 e. The van der Waals surface area contributed by atoms with Crippen LogP contribution in [0.1, 0.15) is 40.2 Å². The molecular formula is C26H32N4O. The number of rotatable bonds is 5. The Labute approximate surface area is 185 Å². The van der Waals surface area contributed by atoms with Crippen molar-refractivity contribution < 1.29 is 4.79 Å². The van der Waals surface area contributed by atoms with Crippen molar-refractivity contribution in [2.24, 2.45) is 0 Å². The highest BCUT2D eigenvalue weighted by Crippen LogP contribution is 2.27. The van der Waals surface area contributed by atoms with Gasteiger partial charge in [-0.1, -0.05) is 24.3 Å². The van der Waals surface area contributed by atoms with Crippen molar-refractivity contribution in [1.82, 2.24) is 9.47 Å². The number of aryl methyl sites for hydroxylation is 2. The molecule has 0 unspecified atom stereocenters. The molecule has 0 spiro atoms. The molecule has 31 heavy (non-hydrogen) atoms. The zero-order valence-corrected chi connectivity index (χ0v) is 18.9. The number of carbonyl (C=O) groups excluding carboxylic acids is 1. The van der Waals surface area contributed by atoms with Crippen LogP contribution in [0.4, 0.5) is 11.4 Å². The Balaban J connectivity index is 1.55. The average molecular weight is 417 g/mol. The highest BCUT2D eigenvalue weighted by Gasteiger charge is 2.20.